The summed E-state index contributed by atoms with van der Waals surface area (Å²) in [6.07, 6.45) is 9.79. The molecule has 0 atom stereocenters. The molecule has 0 aromatic carbocycles. The minimum absolute atomic E-state index is 0.953. The molecule has 1 heterocycles. The van der Waals surface area contributed by atoms with Gasteiger partial charge in [-0.25, -0.2) is 0 Å². The quantitative estimate of drug-likeness (QED) is 0.367. The van der Waals surface area contributed by atoms with Gasteiger partial charge < -0.3 is 0 Å². The fraction of sp³-hybridized carbons (Fsp3) is 0.643. The molecule has 1 nitrogen and oxygen atoms in total. The standard InChI is InChI=1S/C14H24NS/c1-4-7-8-9-10-14-13(6-3)15(11-5-2)12-16-14/h5,12H,2,4,6-11H2,1,3H3/q+1. The van der Waals surface area contributed by atoms with Crippen LogP contribution in [0.3, 0.4) is 0 Å². The maximum atomic E-state index is 3.81. The van der Waals surface area contributed by atoms with Crippen LogP contribution >= 0.6 is 11.3 Å². The van der Waals surface area contributed by atoms with E-state index in [1.54, 1.807) is 4.88 Å². The number of allylic oxidation sites excluding steroid dienone is 1. The molecule has 2 heteroatoms. The largest absolute Gasteiger partial charge is 0.225 e. The van der Waals surface area contributed by atoms with Gasteiger partial charge in [0.25, 0.3) is 0 Å². The van der Waals surface area contributed by atoms with E-state index < -0.39 is 0 Å². The van der Waals surface area contributed by atoms with Crippen LogP contribution in [0.5, 0.6) is 0 Å². The summed E-state index contributed by atoms with van der Waals surface area (Å²) in [5.74, 6) is 0. The van der Waals surface area contributed by atoms with Gasteiger partial charge in [-0.15, -0.1) is 0 Å². The monoisotopic (exact) mass is 238 g/mol. The molecular weight excluding hydrogens is 214 g/mol. The van der Waals surface area contributed by atoms with Crippen LogP contribution < -0.4 is 4.57 Å². The Bertz CT molecular complexity index is 315. The molecule has 1 aromatic heterocycles. The number of aryl methyl sites for hydroxylation is 1. The Balaban J connectivity index is 2.54. The van der Waals surface area contributed by atoms with Crippen LogP contribution in [0.15, 0.2) is 18.2 Å². The van der Waals surface area contributed by atoms with Gasteiger partial charge in [0.05, 0.1) is 4.88 Å². The Labute approximate surface area is 104 Å². The second-order valence-electron chi connectivity index (χ2n) is 4.20. The maximum absolute atomic E-state index is 3.81. The minimum atomic E-state index is 0.953. The summed E-state index contributed by atoms with van der Waals surface area (Å²) >= 11 is 1.91. The first-order chi connectivity index (χ1) is 7.83. The van der Waals surface area contributed by atoms with Gasteiger partial charge >= 0.3 is 0 Å². The summed E-state index contributed by atoms with van der Waals surface area (Å²) in [7, 11) is 0. The normalized spacial score (nSPS) is 10.6. The molecule has 0 aliphatic heterocycles. The van der Waals surface area contributed by atoms with Crippen LogP contribution in [0, 0.1) is 0 Å². The summed E-state index contributed by atoms with van der Waals surface area (Å²) in [6.45, 7) is 9.28. The van der Waals surface area contributed by atoms with Crippen molar-refractivity contribution in [3.05, 3.63) is 28.7 Å². The molecular formula is C14H24NS+. The highest BCUT2D eigenvalue weighted by Gasteiger charge is 2.15. The van der Waals surface area contributed by atoms with Crippen LogP contribution in [-0.4, -0.2) is 0 Å². The topological polar surface area (TPSA) is 3.88 Å². The Kier molecular flexibility index (Phi) is 6.39. The number of nitrogens with zero attached hydrogens (tertiary/aromatic N) is 1. The first-order valence-electron chi connectivity index (χ1n) is 6.43. The van der Waals surface area contributed by atoms with Crippen molar-refractivity contribution in [2.45, 2.75) is 58.9 Å². The Morgan fingerprint density at radius 1 is 1.31 bits per heavy atom. The average molecular weight is 238 g/mol. The van der Waals surface area contributed by atoms with Gasteiger partial charge in [-0.1, -0.05) is 51.0 Å². The third-order valence-electron chi connectivity index (χ3n) is 2.91. The van der Waals surface area contributed by atoms with E-state index in [4.69, 9.17) is 0 Å². The molecule has 0 aliphatic rings. The molecule has 0 saturated heterocycles. The second-order valence-corrected chi connectivity index (χ2v) is 5.14. The van der Waals surface area contributed by atoms with Gasteiger partial charge in [0.2, 0.25) is 5.51 Å². The highest BCUT2D eigenvalue weighted by Crippen LogP contribution is 2.16. The third-order valence-corrected chi connectivity index (χ3v) is 3.99. The van der Waals surface area contributed by atoms with Crippen molar-refractivity contribution in [3.63, 3.8) is 0 Å². The van der Waals surface area contributed by atoms with Crippen molar-refractivity contribution >= 4 is 11.3 Å². The zero-order chi connectivity index (χ0) is 11.8. The average Bonchev–Trinajstić information content (AvgIpc) is 2.67. The first kappa shape index (κ1) is 13.4. The zero-order valence-electron chi connectivity index (χ0n) is 10.7. The van der Waals surface area contributed by atoms with E-state index in [0.717, 1.165) is 13.0 Å². The van der Waals surface area contributed by atoms with E-state index in [-0.39, 0.29) is 0 Å². The van der Waals surface area contributed by atoms with Crippen LogP contribution in [0.25, 0.3) is 0 Å². The zero-order valence-corrected chi connectivity index (χ0v) is 11.5. The lowest BCUT2D eigenvalue weighted by atomic mass is 10.1. The van der Waals surface area contributed by atoms with E-state index in [1.807, 2.05) is 17.4 Å². The Morgan fingerprint density at radius 3 is 2.75 bits per heavy atom. The van der Waals surface area contributed by atoms with Gasteiger partial charge in [0.1, 0.15) is 0 Å². The molecule has 0 bridgehead atoms. The number of rotatable bonds is 8. The van der Waals surface area contributed by atoms with Crippen molar-refractivity contribution in [2.24, 2.45) is 0 Å². The highest BCUT2D eigenvalue weighted by molar-refractivity contribution is 7.09. The molecule has 0 aliphatic carbocycles. The van der Waals surface area contributed by atoms with Gasteiger partial charge in [0, 0.05) is 6.42 Å². The summed E-state index contributed by atoms with van der Waals surface area (Å²) < 4.78 is 2.34. The lowest BCUT2D eigenvalue weighted by Crippen LogP contribution is -2.34. The number of hydrogen-bond acceptors (Lipinski definition) is 1. The van der Waals surface area contributed by atoms with E-state index in [0.29, 0.717) is 0 Å². The van der Waals surface area contributed by atoms with Gasteiger partial charge in [-0.2, -0.15) is 4.57 Å². The van der Waals surface area contributed by atoms with E-state index in [9.17, 15) is 0 Å². The van der Waals surface area contributed by atoms with Crippen LogP contribution in [0.4, 0.5) is 0 Å². The third kappa shape index (κ3) is 3.75. The van der Waals surface area contributed by atoms with E-state index in [1.165, 1.54) is 37.8 Å². The number of thiazole rings is 1. The van der Waals surface area contributed by atoms with Crippen LogP contribution in [0.1, 0.15) is 50.1 Å². The van der Waals surface area contributed by atoms with Crippen molar-refractivity contribution < 1.29 is 4.57 Å². The van der Waals surface area contributed by atoms with Gasteiger partial charge in [0.15, 0.2) is 12.2 Å². The summed E-state index contributed by atoms with van der Waals surface area (Å²) in [5.41, 5.74) is 3.76. The molecule has 90 valence electrons. The lowest BCUT2D eigenvalue weighted by Gasteiger charge is -1.99. The number of hydrogen-bond donors (Lipinski definition) is 0. The first-order valence-corrected chi connectivity index (χ1v) is 7.31. The molecule has 0 radical (unpaired) electrons. The smallest absolute Gasteiger partial charge is 0.189 e. The molecule has 16 heavy (non-hydrogen) atoms. The molecule has 0 amide bonds. The molecule has 1 aromatic rings. The lowest BCUT2D eigenvalue weighted by molar-refractivity contribution is -0.689. The minimum Gasteiger partial charge on any atom is -0.189 e. The maximum Gasteiger partial charge on any atom is 0.225 e. The van der Waals surface area contributed by atoms with Crippen molar-refractivity contribution in [2.75, 3.05) is 0 Å². The second kappa shape index (κ2) is 7.61. The molecule has 0 saturated carbocycles. The summed E-state index contributed by atoms with van der Waals surface area (Å²) in [6, 6.07) is 0. The predicted octanol–water partition coefficient (Wildman–Crippen LogP) is 3.91. The van der Waals surface area contributed by atoms with E-state index in [2.05, 4.69) is 30.5 Å². The fourth-order valence-electron chi connectivity index (χ4n) is 2.03. The van der Waals surface area contributed by atoms with Gasteiger partial charge in [-0.05, 0) is 18.9 Å². The summed E-state index contributed by atoms with van der Waals surface area (Å²) in [4.78, 5) is 1.58. The number of unbranched alkanes of at least 4 members (excludes halogenated alkanes) is 3. The van der Waals surface area contributed by atoms with Crippen molar-refractivity contribution in [1.29, 1.82) is 0 Å². The molecule has 0 spiro atoms. The number of aromatic nitrogens is 1. The molecule has 0 unspecified atom stereocenters. The van der Waals surface area contributed by atoms with Crippen LogP contribution in [0.2, 0.25) is 0 Å². The SMILES string of the molecule is C=CC[n+]1csc(CCCCCC)c1CC. The molecule has 0 fully saturated rings. The Hall–Kier alpha value is -0.630. The fourth-order valence-corrected chi connectivity index (χ4v) is 3.15. The molecule has 0 N–H and O–H groups in total. The summed E-state index contributed by atoms with van der Waals surface area (Å²) in [5, 5.41) is 0. The van der Waals surface area contributed by atoms with Gasteiger partial charge in [-0.3, -0.25) is 0 Å². The molecule has 1 rings (SSSR count). The highest BCUT2D eigenvalue weighted by atomic mass is 32.1. The van der Waals surface area contributed by atoms with E-state index >= 15 is 0 Å². The predicted molar refractivity (Wildman–Crippen MR) is 71.9 cm³/mol. The van der Waals surface area contributed by atoms with Crippen molar-refractivity contribution in [3.8, 4) is 0 Å². The Morgan fingerprint density at radius 2 is 2.12 bits per heavy atom. The van der Waals surface area contributed by atoms with Crippen molar-refractivity contribution in [1.82, 2.24) is 0 Å². The van der Waals surface area contributed by atoms with Crippen LogP contribution in [-0.2, 0) is 19.4 Å².